The number of para-hydroxylation sites is 3. The van der Waals surface area contributed by atoms with Crippen molar-refractivity contribution in [3.05, 3.63) is 243 Å². The van der Waals surface area contributed by atoms with Gasteiger partial charge >= 0.3 is 0 Å². The van der Waals surface area contributed by atoms with Crippen LogP contribution in [0, 0.1) is 0 Å². The largest absolute Gasteiger partial charge is 0.455 e. The van der Waals surface area contributed by atoms with Crippen LogP contribution in [0.25, 0.3) is 128 Å². The van der Waals surface area contributed by atoms with Crippen LogP contribution in [0.3, 0.4) is 0 Å². The first-order valence-electron chi connectivity index (χ1n) is 22.9. The molecule has 68 heavy (non-hydrogen) atoms. The first-order chi connectivity index (χ1) is 33.7. The summed E-state index contributed by atoms with van der Waals surface area (Å²) in [4.78, 5) is 15.9. The molecule has 0 aliphatic heterocycles. The number of hydrogen-bond donors (Lipinski definition) is 0. The second kappa shape index (κ2) is 16.4. The number of benzene rings is 10. The SMILES string of the molecule is c1ccc(-c2cc(-c3ccccc3)cc(-c3ccc(-c4cc(-n5c6ccccc6c6ccccc65)cc5c4oc4ccccc45)c(-c4nc(-c5ccccc5)nc(-c5ccccc5)n4)c3)c2)cc1. The highest BCUT2D eigenvalue weighted by atomic mass is 16.3. The van der Waals surface area contributed by atoms with Crippen molar-refractivity contribution in [2.45, 2.75) is 0 Å². The van der Waals surface area contributed by atoms with Crippen molar-refractivity contribution < 1.29 is 4.42 Å². The van der Waals surface area contributed by atoms with Gasteiger partial charge < -0.3 is 8.98 Å². The number of fused-ring (bicyclic) bond motifs is 6. The molecule has 0 unspecified atom stereocenters. The Bertz CT molecular complexity index is 3840. The topological polar surface area (TPSA) is 56.7 Å². The van der Waals surface area contributed by atoms with E-state index >= 15 is 0 Å². The summed E-state index contributed by atoms with van der Waals surface area (Å²) in [5, 5.41) is 4.48. The molecule has 318 valence electrons. The Morgan fingerprint density at radius 2 is 0.735 bits per heavy atom. The number of hydrogen-bond acceptors (Lipinski definition) is 4. The van der Waals surface area contributed by atoms with Crippen LogP contribution in [0.1, 0.15) is 0 Å². The fourth-order valence-electron chi connectivity index (χ4n) is 9.80. The number of nitrogens with zero attached hydrogens (tertiary/aromatic N) is 4. The Labute approximate surface area is 392 Å². The molecule has 13 rings (SSSR count). The molecule has 0 N–H and O–H groups in total. The van der Waals surface area contributed by atoms with Gasteiger partial charge in [-0.15, -0.1) is 0 Å². The van der Waals surface area contributed by atoms with Gasteiger partial charge in [0.25, 0.3) is 0 Å². The van der Waals surface area contributed by atoms with Crippen LogP contribution >= 0.6 is 0 Å². The van der Waals surface area contributed by atoms with Crippen molar-refractivity contribution in [3.63, 3.8) is 0 Å². The van der Waals surface area contributed by atoms with E-state index in [9.17, 15) is 0 Å². The van der Waals surface area contributed by atoms with Gasteiger partial charge in [0.05, 0.1) is 11.0 Å². The lowest BCUT2D eigenvalue weighted by Crippen LogP contribution is -2.02. The van der Waals surface area contributed by atoms with Gasteiger partial charge in [-0.3, -0.25) is 0 Å². The minimum Gasteiger partial charge on any atom is -0.455 e. The van der Waals surface area contributed by atoms with Gasteiger partial charge in [0.1, 0.15) is 11.2 Å². The molecule has 0 spiro atoms. The third-order valence-corrected chi connectivity index (χ3v) is 13.0. The number of aromatic nitrogens is 4. The van der Waals surface area contributed by atoms with Gasteiger partial charge in [-0.25, -0.2) is 15.0 Å². The van der Waals surface area contributed by atoms with E-state index < -0.39 is 0 Å². The van der Waals surface area contributed by atoms with Crippen molar-refractivity contribution in [2.24, 2.45) is 0 Å². The maximum atomic E-state index is 6.94. The summed E-state index contributed by atoms with van der Waals surface area (Å²) in [6.45, 7) is 0. The zero-order chi connectivity index (χ0) is 45.0. The molecular formula is C63H40N4O. The van der Waals surface area contributed by atoms with Crippen LogP contribution in [-0.4, -0.2) is 19.5 Å². The van der Waals surface area contributed by atoms with E-state index in [1.54, 1.807) is 0 Å². The fraction of sp³-hybridized carbons (Fsp3) is 0. The smallest absolute Gasteiger partial charge is 0.164 e. The molecule has 5 heteroatoms. The summed E-state index contributed by atoms with van der Waals surface area (Å²) in [7, 11) is 0. The summed E-state index contributed by atoms with van der Waals surface area (Å²) in [6, 6.07) is 85.3. The van der Waals surface area contributed by atoms with Crippen molar-refractivity contribution >= 4 is 43.7 Å². The van der Waals surface area contributed by atoms with E-state index in [0.717, 1.165) is 99.9 Å². The molecule has 3 heterocycles. The second-order valence-electron chi connectivity index (χ2n) is 17.2. The molecular weight excluding hydrogens is 829 g/mol. The summed E-state index contributed by atoms with van der Waals surface area (Å²) < 4.78 is 9.33. The van der Waals surface area contributed by atoms with Gasteiger partial charge in [0.2, 0.25) is 0 Å². The first kappa shape index (κ1) is 39.2. The number of furan rings is 1. The Kier molecular flexibility index (Phi) is 9.43. The lowest BCUT2D eigenvalue weighted by molar-refractivity contribution is 0.670. The minimum absolute atomic E-state index is 0.559. The van der Waals surface area contributed by atoms with Crippen LogP contribution in [0.4, 0.5) is 0 Å². The van der Waals surface area contributed by atoms with Gasteiger partial charge in [-0.2, -0.15) is 0 Å². The van der Waals surface area contributed by atoms with Crippen molar-refractivity contribution in [3.8, 4) is 84.4 Å². The molecule has 0 atom stereocenters. The summed E-state index contributed by atoms with van der Waals surface area (Å²) in [6.07, 6.45) is 0. The highest BCUT2D eigenvalue weighted by molar-refractivity contribution is 6.14. The third-order valence-electron chi connectivity index (χ3n) is 13.0. The van der Waals surface area contributed by atoms with Gasteiger partial charge in [0, 0.05) is 49.5 Å². The predicted molar refractivity (Wildman–Crippen MR) is 279 cm³/mol. The zero-order valence-corrected chi connectivity index (χ0v) is 36.8. The van der Waals surface area contributed by atoms with Gasteiger partial charge in [-0.1, -0.05) is 188 Å². The zero-order valence-electron chi connectivity index (χ0n) is 36.8. The molecule has 0 amide bonds. The summed E-state index contributed by atoms with van der Waals surface area (Å²) >= 11 is 0. The normalized spacial score (nSPS) is 11.5. The monoisotopic (exact) mass is 868 g/mol. The van der Waals surface area contributed by atoms with E-state index in [-0.39, 0.29) is 0 Å². The van der Waals surface area contributed by atoms with Crippen molar-refractivity contribution in [2.75, 3.05) is 0 Å². The van der Waals surface area contributed by atoms with Crippen LogP contribution in [-0.2, 0) is 0 Å². The molecule has 13 aromatic rings. The van der Waals surface area contributed by atoms with Crippen LogP contribution < -0.4 is 0 Å². The first-order valence-corrected chi connectivity index (χ1v) is 22.9. The Balaban J connectivity index is 1.12. The third kappa shape index (κ3) is 6.84. The standard InChI is InChI=1S/C63H40N4O/c1-5-19-41(20-6-1)46-35-47(42-21-7-2-8-22-42)37-48(36-46)45-33-34-50(56(38-45)63-65-61(43-23-9-3-10-24-43)64-62(66-63)44-25-11-4-12-26-44)54-39-49(40-55-53-29-15-18-32-59(53)68-60(54)55)67-57-30-16-13-27-51(57)52-28-14-17-31-58(52)67/h1-40H. The molecule has 5 nitrogen and oxygen atoms in total. The van der Waals surface area contributed by atoms with E-state index in [2.05, 4.69) is 205 Å². The van der Waals surface area contributed by atoms with Crippen LogP contribution in [0.5, 0.6) is 0 Å². The highest BCUT2D eigenvalue weighted by Gasteiger charge is 2.23. The average Bonchev–Trinajstić information content (AvgIpc) is 3.97. The predicted octanol–water partition coefficient (Wildman–Crippen LogP) is 16.5. The second-order valence-corrected chi connectivity index (χ2v) is 17.2. The molecule has 0 bridgehead atoms. The molecule has 0 radical (unpaired) electrons. The quantitative estimate of drug-likeness (QED) is 0.153. The Hall–Kier alpha value is -9.19. The maximum Gasteiger partial charge on any atom is 0.164 e. The summed E-state index contributed by atoms with van der Waals surface area (Å²) in [5.74, 6) is 1.75. The molecule has 0 fully saturated rings. The Morgan fingerprint density at radius 1 is 0.279 bits per heavy atom. The lowest BCUT2D eigenvalue weighted by atomic mass is 9.90. The van der Waals surface area contributed by atoms with Crippen LogP contribution in [0.15, 0.2) is 247 Å². The molecule has 10 aromatic carbocycles. The van der Waals surface area contributed by atoms with Gasteiger partial charge in [0.15, 0.2) is 17.5 Å². The van der Waals surface area contributed by atoms with Crippen LogP contribution in [0.2, 0.25) is 0 Å². The van der Waals surface area contributed by atoms with Crippen molar-refractivity contribution in [1.29, 1.82) is 0 Å². The summed E-state index contributed by atoms with van der Waals surface area (Å²) in [5.41, 5.74) is 16.1. The Morgan fingerprint density at radius 3 is 1.29 bits per heavy atom. The fourth-order valence-corrected chi connectivity index (χ4v) is 9.80. The number of rotatable bonds is 8. The van der Waals surface area contributed by atoms with Gasteiger partial charge in [-0.05, 0) is 93.5 Å². The average molecular weight is 869 g/mol. The highest BCUT2D eigenvalue weighted by Crippen LogP contribution is 2.45. The molecule has 0 saturated carbocycles. The van der Waals surface area contributed by atoms with Crippen molar-refractivity contribution in [1.82, 2.24) is 19.5 Å². The maximum absolute atomic E-state index is 6.94. The van der Waals surface area contributed by atoms with E-state index in [1.165, 1.54) is 10.8 Å². The molecule has 3 aromatic heterocycles. The molecule has 0 aliphatic rings. The van der Waals surface area contributed by atoms with E-state index in [4.69, 9.17) is 19.4 Å². The van der Waals surface area contributed by atoms with E-state index in [1.807, 2.05) is 42.5 Å². The molecule has 0 saturated heterocycles. The minimum atomic E-state index is 0.559. The molecule has 0 aliphatic carbocycles. The lowest BCUT2D eigenvalue weighted by Gasteiger charge is -2.17. The van der Waals surface area contributed by atoms with E-state index in [0.29, 0.717) is 17.5 Å².